The van der Waals surface area contributed by atoms with Crippen LogP contribution in [0.3, 0.4) is 0 Å². The molecule has 0 aliphatic carbocycles. The van der Waals surface area contributed by atoms with Crippen molar-refractivity contribution in [2.45, 2.75) is 0 Å². The van der Waals surface area contributed by atoms with E-state index in [4.69, 9.17) is 0 Å². The van der Waals surface area contributed by atoms with E-state index in [1.807, 2.05) is 0 Å². The lowest BCUT2D eigenvalue weighted by Crippen LogP contribution is -2.09. The lowest BCUT2D eigenvalue weighted by atomic mass is 10.2. The number of carbonyl (C=O) groups excluding carboxylic acids is 1. The van der Waals surface area contributed by atoms with Crippen LogP contribution in [0.5, 0.6) is 0 Å². The molecule has 0 heterocycles. The predicted octanol–water partition coefficient (Wildman–Crippen LogP) is -0.543. The molecule has 0 unspecified atom stereocenters. The Morgan fingerprint density at radius 2 is 2.33 bits per heavy atom. The van der Waals surface area contributed by atoms with E-state index in [0.29, 0.717) is 0 Å². The summed E-state index contributed by atoms with van der Waals surface area (Å²) >= 11 is 0. The molecule has 7 heteroatoms. The first-order chi connectivity index (χ1) is 4.13. The van der Waals surface area contributed by atoms with Crippen LogP contribution in [0.1, 0.15) is 0 Å². The van der Waals surface area contributed by atoms with E-state index in [2.05, 4.69) is 17.4 Å². The fourth-order valence-corrected chi connectivity index (χ4v) is 0.127. The van der Waals surface area contributed by atoms with E-state index in [-0.39, 0.29) is 0 Å². The van der Waals surface area contributed by atoms with Crippen molar-refractivity contribution in [2.24, 2.45) is 0 Å². The van der Waals surface area contributed by atoms with Gasteiger partial charge in [-0.3, -0.25) is 9.63 Å². The van der Waals surface area contributed by atoms with Crippen molar-refractivity contribution in [3.63, 3.8) is 0 Å². The Kier molecular flexibility index (Phi) is 3.18. The Labute approximate surface area is 51.3 Å². The highest BCUT2D eigenvalue weighted by molar-refractivity contribution is 6.55. The average molecular weight is 131 g/mol. The second kappa shape index (κ2) is 3.70. The minimum Gasteiger partial charge on any atom is -0.447 e. The summed E-state index contributed by atoms with van der Waals surface area (Å²) < 4.78 is 3.83. The van der Waals surface area contributed by atoms with Gasteiger partial charge < -0.3 is 4.74 Å². The molecule has 0 fully saturated rings. The minimum atomic E-state index is -1.11. The largest absolute Gasteiger partial charge is 0.447 e. The van der Waals surface area contributed by atoms with Crippen LogP contribution in [0.25, 0.3) is 0 Å². The summed E-state index contributed by atoms with van der Waals surface area (Å²) in [5.74, 6) is -1.11. The van der Waals surface area contributed by atoms with Crippen LogP contribution in [0.15, 0.2) is 0 Å². The fraction of sp³-hybridized carbons (Fsp3) is 0.500. The summed E-state index contributed by atoms with van der Waals surface area (Å²) in [6, 6.07) is 0. The molecule has 0 aliphatic heterocycles. The lowest BCUT2D eigenvalue weighted by molar-refractivity contribution is -0.765. The normalized spacial score (nSPS) is 8.00. The van der Waals surface area contributed by atoms with Crippen molar-refractivity contribution in [1.82, 2.24) is 0 Å². The zero-order valence-electron chi connectivity index (χ0n) is 4.27. The highest BCUT2D eigenvalue weighted by Crippen LogP contribution is 1.77. The van der Waals surface area contributed by atoms with Crippen LogP contribution >= 0.6 is 0 Å². The standard InChI is InChI=1S/C2H2BNO5/c3-2(5)8-1-9-4(6)7/h1H2. The number of ether oxygens (including phenoxy) is 1. The van der Waals surface area contributed by atoms with Crippen LogP contribution in [-0.4, -0.2) is 25.6 Å². The van der Waals surface area contributed by atoms with Crippen molar-refractivity contribution < 1.29 is 19.5 Å². The van der Waals surface area contributed by atoms with Crippen molar-refractivity contribution in [3.05, 3.63) is 10.1 Å². The van der Waals surface area contributed by atoms with E-state index in [0.717, 1.165) is 0 Å². The molecule has 0 atom stereocenters. The zero-order chi connectivity index (χ0) is 7.28. The van der Waals surface area contributed by atoms with Gasteiger partial charge in [-0.1, -0.05) is 0 Å². The Balaban J connectivity index is 3.10. The molecule has 0 N–H and O–H groups in total. The van der Waals surface area contributed by atoms with Crippen molar-refractivity contribution in [1.29, 1.82) is 0 Å². The summed E-state index contributed by atoms with van der Waals surface area (Å²) in [7, 11) is 4.41. The number of rotatable bonds is 3. The van der Waals surface area contributed by atoms with Crippen LogP contribution in [0, 0.1) is 10.1 Å². The van der Waals surface area contributed by atoms with Gasteiger partial charge in [-0.25, -0.2) is 0 Å². The van der Waals surface area contributed by atoms with Crippen molar-refractivity contribution in [3.8, 4) is 0 Å². The third kappa shape index (κ3) is 6.73. The zero-order valence-corrected chi connectivity index (χ0v) is 4.27. The average Bonchev–Trinajstić information content (AvgIpc) is 1.63. The van der Waals surface area contributed by atoms with Gasteiger partial charge in [0.05, 0.1) is 0 Å². The second-order valence-electron chi connectivity index (χ2n) is 0.934. The summed E-state index contributed by atoms with van der Waals surface area (Å²) in [6.45, 7) is -0.762. The Bertz CT molecular complexity index is 110. The topological polar surface area (TPSA) is 78.7 Å². The molecule has 0 aromatic rings. The lowest BCUT2D eigenvalue weighted by Gasteiger charge is -1.96. The van der Waals surface area contributed by atoms with Gasteiger partial charge >= 0.3 is 0 Å². The Morgan fingerprint density at radius 3 is 2.67 bits per heavy atom. The molecule has 0 aromatic heterocycles. The quantitative estimate of drug-likeness (QED) is 0.222. The monoisotopic (exact) mass is 131 g/mol. The third-order valence-corrected chi connectivity index (χ3v) is 0.359. The fourth-order valence-electron chi connectivity index (χ4n) is 0.127. The molecule has 0 bridgehead atoms. The molecule has 0 saturated carbocycles. The van der Waals surface area contributed by atoms with E-state index in [1.54, 1.807) is 0 Å². The maximum absolute atomic E-state index is 9.68. The predicted molar refractivity (Wildman–Crippen MR) is 25.2 cm³/mol. The minimum absolute atomic E-state index is 0.762. The highest BCUT2D eigenvalue weighted by atomic mass is 17.0. The molecule has 6 nitrogen and oxygen atoms in total. The molecule has 0 rings (SSSR count). The van der Waals surface area contributed by atoms with Crippen LogP contribution < -0.4 is 0 Å². The molecular formula is C2H2BNO5. The molecular weight excluding hydrogens is 129 g/mol. The van der Waals surface area contributed by atoms with Crippen molar-refractivity contribution >= 4 is 13.7 Å². The van der Waals surface area contributed by atoms with E-state index >= 15 is 0 Å². The molecule has 0 spiro atoms. The molecule has 0 amide bonds. The Morgan fingerprint density at radius 1 is 1.78 bits per heavy atom. The summed E-state index contributed by atoms with van der Waals surface area (Å²) in [5.41, 5.74) is 0. The molecule has 48 valence electrons. The highest BCUT2D eigenvalue weighted by Gasteiger charge is 1.94. The first kappa shape index (κ1) is 7.73. The maximum Gasteiger partial charge on any atom is 0.297 e. The first-order valence-corrected chi connectivity index (χ1v) is 1.82. The second-order valence-corrected chi connectivity index (χ2v) is 0.934. The molecule has 9 heavy (non-hydrogen) atoms. The van der Waals surface area contributed by atoms with Gasteiger partial charge in [0.15, 0.2) is 0 Å². The van der Waals surface area contributed by atoms with Gasteiger partial charge in [0.25, 0.3) is 5.09 Å². The number of carbonyl (C=O) groups is 1. The molecule has 0 aliphatic rings. The van der Waals surface area contributed by atoms with E-state index in [1.165, 1.54) is 0 Å². The van der Waals surface area contributed by atoms with Gasteiger partial charge in [-0.15, -0.1) is 10.1 Å². The first-order valence-electron chi connectivity index (χ1n) is 1.82. The number of hydrogen-bond acceptors (Lipinski definition) is 5. The summed E-state index contributed by atoms with van der Waals surface area (Å²) in [5, 5.41) is 8.24. The van der Waals surface area contributed by atoms with Crippen LogP contribution in [0.2, 0.25) is 0 Å². The number of nitrogens with zero attached hydrogens (tertiary/aromatic N) is 1. The van der Waals surface area contributed by atoms with Gasteiger partial charge in [0.1, 0.15) is 0 Å². The molecule has 0 aromatic carbocycles. The summed E-state index contributed by atoms with van der Waals surface area (Å²) in [6.07, 6.45) is 0. The van der Waals surface area contributed by atoms with Gasteiger partial charge in [-0.2, -0.15) is 0 Å². The van der Waals surface area contributed by atoms with Gasteiger partial charge in [0.2, 0.25) is 20.5 Å². The van der Waals surface area contributed by atoms with Gasteiger partial charge in [-0.05, 0) is 0 Å². The number of hydrogen-bond donors (Lipinski definition) is 0. The Hall–Kier alpha value is -1.27. The third-order valence-electron chi connectivity index (χ3n) is 0.359. The molecule has 0 saturated heterocycles. The smallest absolute Gasteiger partial charge is 0.297 e. The van der Waals surface area contributed by atoms with E-state index in [9.17, 15) is 14.9 Å². The van der Waals surface area contributed by atoms with Crippen LogP contribution in [-0.2, 0) is 9.57 Å². The van der Waals surface area contributed by atoms with Crippen molar-refractivity contribution in [2.75, 3.05) is 6.79 Å². The SMILES string of the molecule is [B]C(=O)OCO[N+](=O)[O-]. The molecule has 2 radical (unpaired) electrons. The van der Waals surface area contributed by atoms with Gasteiger partial charge in [0, 0.05) is 0 Å². The maximum atomic E-state index is 9.68. The summed E-state index contributed by atoms with van der Waals surface area (Å²) in [4.78, 5) is 22.6. The van der Waals surface area contributed by atoms with E-state index < -0.39 is 17.7 Å². The van der Waals surface area contributed by atoms with Crippen LogP contribution in [0.4, 0.5) is 4.79 Å².